The molecule has 0 bridgehead atoms. The summed E-state index contributed by atoms with van der Waals surface area (Å²) in [5.41, 5.74) is 1.91. The maximum atomic E-state index is 11.8. The Balaban J connectivity index is 1.64. The lowest BCUT2D eigenvalue weighted by Gasteiger charge is -2.20. The number of rotatable bonds is 7. The number of amides is 2. The number of carboxylic acid groups (broad SMARTS) is 1. The second kappa shape index (κ2) is 10.5. The lowest BCUT2D eigenvalue weighted by molar-refractivity contribution is -0.117. The van der Waals surface area contributed by atoms with Gasteiger partial charge in [0.25, 0.3) is 0 Å². The van der Waals surface area contributed by atoms with Gasteiger partial charge in [-0.25, -0.2) is 14.8 Å². The molecule has 1 saturated heterocycles. The number of benzene rings is 2. The minimum atomic E-state index is -1.07. The average molecular weight is 532 g/mol. The number of ether oxygens (including phenoxy) is 2. The molecule has 3 N–H and O–H groups in total. The molecule has 0 unspecified atom stereocenters. The van der Waals surface area contributed by atoms with E-state index in [2.05, 4.69) is 27.2 Å². The lowest BCUT2D eigenvalue weighted by Crippen LogP contribution is -2.45. The topological polar surface area (TPSA) is 126 Å². The van der Waals surface area contributed by atoms with Crippen molar-refractivity contribution in [3.8, 4) is 22.6 Å². The minimum Gasteiger partial charge on any atom is -0.495 e. The molecule has 10 nitrogen and oxygen atoms in total. The van der Waals surface area contributed by atoms with E-state index in [-0.39, 0.29) is 13.1 Å². The monoisotopic (exact) mass is 531 g/mol. The molecule has 4 rings (SSSR count). The van der Waals surface area contributed by atoms with E-state index < -0.39 is 24.1 Å². The summed E-state index contributed by atoms with van der Waals surface area (Å²) in [7, 11) is 3.02. The Labute approximate surface area is 216 Å². The number of nitrogens with one attached hydrogen (secondary N) is 2. The van der Waals surface area contributed by atoms with Crippen molar-refractivity contribution in [1.82, 2.24) is 20.2 Å². The number of hydrogen-bond acceptors (Lipinski definition) is 7. The van der Waals surface area contributed by atoms with Crippen LogP contribution in [0.1, 0.15) is 0 Å². The number of halogens is 2. The number of hydrogen-bond donors (Lipinski definition) is 3. The Morgan fingerprint density at radius 1 is 1.14 bits per heavy atom. The fraction of sp³-hybridized carbons (Fsp3) is 0.250. The van der Waals surface area contributed by atoms with Gasteiger partial charge in [-0.15, -0.1) is 0 Å². The fourth-order valence-electron chi connectivity index (χ4n) is 4.06. The number of carbonyl (C=O) groups excluding carboxylic acids is 1. The van der Waals surface area contributed by atoms with Gasteiger partial charge >= 0.3 is 6.09 Å². The minimum absolute atomic E-state index is 0.134. The molecular weight excluding hydrogens is 509 g/mol. The highest BCUT2D eigenvalue weighted by Crippen LogP contribution is 2.46. The molecular formula is C24H23Cl2N5O5. The van der Waals surface area contributed by atoms with Crippen molar-refractivity contribution in [3.05, 3.63) is 53.2 Å². The molecule has 1 fully saturated rings. The van der Waals surface area contributed by atoms with Gasteiger partial charge in [0.1, 0.15) is 11.5 Å². The number of methoxy groups -OCH3 is 2. The van der Waals surface area contributed by atoms with Crippen molar-refractivity contribution in [2.24, 2.45) is 0 Å². The van der Waals surface area contributed by atoms with E-state index in [0.717, 1.165) is 17.0 Å². The number of likely N-dealkylation sites (tertiary alicyclic amines) is 1. The average Bonchev–Trinajstić information content (AvgIpc) is 3.26. The van der Waals surface area contributed by atoms with Crippen molar-refractivity contribution in [2.75, 3.05) is 32.6 Å². The summed E-state index contributed by atoms with van der Waals surface area (Å²) in [6.45, 7) is 3.73. The lowest BCUT2D eigenvalue weighted by atomic mass is 10.0. The van der Waals surface area contributed by atoms with E-state index in [0.29, 0.717) is 38.6 Å². The second-order valence-electron chi connectivity index (χ2n) is 8.01. The Kier molecular flexibility index (Phi) is 7.37. The zero-order chi connectivity index (χ0) is 26.0. The first-order valence-corrected chi connectivity index (χ1v) is 11.6. The zero-order valence-corrected chi connectivity index (χ0v) is 20.9. The SMILES string of the molecule is C=CC(=O)N[C@@H]1CN(C(=O)O)C[C@H]1Nc1ncc2cc(-c3c(Cl)c(OC)cc(OC)c3Cl)ccc2n1. The first kappa shape index (κ1) is 25.3. The number of fused-ring (bicyclic) bond motifs is 1. The Hall–Kier alpha value is -3.76. The maximum absolute atomic E-state index is 11.8. The molecule has 0 radical (unpaired) electrons. The van der Waals surface area contributed by atoms with E-state index in [1.165, 1.54) is 19.1 Å². The highest BCUT2D eigenvalue weighted by Gasteiger charge is 2.36. The molecule has 2 heterocycles. The largest absolute Gasteiger partial charge is 0.495 e. The van der Waals surface area contributed by atoms with Crippen LogP contribution in [0.5, 0.6) is 11.5 Å². The van der Waals surface area contributed by atoms with Gasteiger partial charge in [-0.2, -0.15) is 0 Å². The Morgan fingerprint density at radius 2 is 1.81 bits per heavy atom. The van der Waals surface area contributed by atoms with Gasteiger partial charge in [0, 0.05) is 36.3 Å². The smallest absolute Gasteiger partial charge is 0.407 e. The van der Waals surface area contributed by atoms with Crippen LogP contribution < -0.4 is 20.1 Å². The summed E-state index contributed by atoms with van der Waals surface area (Å²) < 4.78 is 10.7. The van der Waals surface area contributed by atoms with Crippen LogP contribution in [-0.4, -0.2) is 71.4 Å². The summed E-state index contributed by atoms with van der Waals surface area (Å²) >= 11 is 13.1. The van der Waals surface area contributed by atoms with Gasteiger partial charge in [0.2, 0.25) is 11.9 Å². The highest BCUT2D eigenvalue weighted by molar-refractivity contribution is 6.41. The van der Waals surface area contributed by atoms with E-state index in [1.54, 1.807) is 18.3 Å². The maximum Gasteiger partial charge on any atom is 0.407 e. The molecule has 3 aromatic rings. The molecule has 0 aliphatic carbocycles. The van der Waals surface area contributed by atoms with Crippen LogP contribution in [0.4, 0.5) is 10.7 Å². The van der Waals surface area contributed by atoms with E-state index >= 15 is 0 Å². The van der Waals surface area contributed by atoms with E-state index in [9.17, 15) is 14.7 Å². The van der Waals surface area contributed by atoms with Crippen molar-refractivity contribution in [1.29, 1.82) is 0 Å². The molecule has 1 aromatic heterocycles. The number of anilines is 1. The number of nitrogens with zero attached hydrogens (tertiary/aromatic N) is 3. The highest BCUT2D eigenvalue weighted by atomic mass is 35.5. The van der Waals surface area contributed by atoms with Crippen molar-refractivity contribution in [2.45, 2.75) is 12.1 Å². The van der Waals surface area contributed by atoms with Crippen molar-refractivity contribution >= 4 is 52.1 Å². The van der Waals surface area contributed by atoms with Crippen LogP contribution in [0.2, 0.25) is 10.0 Å². The quantitative estimate of drug-likeness (QED) is 0.389. The molecule has 2 aromatic carbocycles. The molecule has 0 spiro atoms. The first-order valence-electron chi connectivity index (χ1n) is 10.8. The van der Waals surface area contributed by atoms with Crippen molar-refractivity contribution < 1.29 is 24.2 Å². The molecule has 188 valence electrons. The molecule has 36 heavy (non-hydrogen) atoms. The number of carbonyl (C=O) groups is 2. The van der Waals surface area contributed by atoms with Gasteiger partial charge in [-0.1, -0.05) is 35.8 Å². The molecule has 12 heteroatoms. The van der Waals surface area contributed by atoms with Crippen LogP contribution in [0.3, 0.4) is 0 Å². The fourth-order valence-corrected chi connectivity index (χ4v) is 4.78. The summed E-state index contributed by atoms with van der Waals surface area (Å²) in [6.07, 6.45) is 1.70. The van der Waals surface area contributed by atoms with Crippen LogP contribution in [0.15, 0.2) is 43.1 Å². The van der Waals surface area contributed by atoms with Gasteiger partial charge in [-0.05, 0) is 23.8 Å². The molecule has 1 aliphatic heterocycles. The molecule has 2 atom stereocenters. The van der Waals surface area contributed by atoms with Crippen LogP contribution >= 0.6 is 23.2 Å². The summed E-state index contributed by atoms with van der Waals surface area (Å²) in [5.74, 6) is 0.754. The summed E-state index contributed by atoms with van der Waals surface area (Å²) in [5, 5.41) is 16.7. The van der Waals surface area contributed by atoms with Crippen LogP contribution in [0.25, 0.3) is 22.0 Å². The van der Waals surface area contributed by atoms with Crippen LogP contribution in [-0.2, 0) is 4.79 Å². The summed E-state index contributed by atoms with van der Waals surface area (Å²) in [4.78, 5) is 33.4. The zero-order valence-electron chi connectivity index (χ0n) is 19.4. The third-order valence-corrected chi connectivity index (χ3v) is 6.61. The van der Waals surface area contributed by atoms with E-state index in [4.69, 9.17) is 32.7 Å². The van der Waals surface area contributed by atoms with Gasteiger partial charge < -0.3 is 30.1 Å². The summed E-state index contributed by atoms with van der Waals surface area (Å²) in [6, 6.07) is 6.19. The Morgan fingerprint density at radius 3 is 2.42 bits per heavy atom. The second-order valence-corrected chi connectivity index (χ2v) is 8.76. The van der Waals surface area contributed by atoms with E-state index in [1.807, 2.05) is 12.1 Å². The van der Waals surface area contributed by atoms with Gasteiger partial charge in [-0.3, -0.25) is 4.79 Å². The first-order chi connectivity index (χ1) is 17.2. The Bertz CT molecular complexity index is 1320. The molecule has 1 aliphatic rings. The normalized spacial score (nSPS) is 17.1. The van der Waals surface area contributed by atoms with Gasteiger partial charge in [0.15, 0.2) is 0 Å². The predicted octanol–water partition coefficient (Wildman–Crippen LogP) is 4.07. The molecule has 0 saturated carbocycles. The van der Waals surface area contributed by atoms with Crippen LogP contribution in [0, 0.1) is 0 Å². The van der Waals surface area contributed by atoms with Crippen molar-refractivity contribution in [3.63, 3.8) is 0 Å². The third kappa shape index (κ3) is 4.95. The number of aromatic nitrogens is 2. The van der Waals surface area contributed by atoms with Gasteiger partial charge in [0.05, 0.1) is 41.9 Å². The third-order valence-electron chi connectivity index (χ3n) is 5.86. The molecule has 2 amide bonds. The predicted molar refractivity (Wildman–Crippen MR) is 137 cm³/mol. The standard InChI is InChI=1S/C24H23Cl2N5O5/c1-4-19(32)28-15-10-31(24(33)34)11-16(15)30-23-27-9-13-7-12(5-6-14(13)29-23)20-21(25)17(35-2)8-18(36-3)22(20)26/h4-9,15-16H,1,10-11H2,2-3H3,(H,28,32)(H,33,34)(H,27,29,30)/t15-,16-/m1/s1.